The minimum atomic E-state index is -0.849. The van der Waals surface area contributed by atoms with Crippen LogP contribution in [-0.2, 0) is 0 Å². The maximum Gasteiger partial charge on any atom is 0.266 e. The molecule has 0 N–H and O–H groups in total. The number of hydrogen-bond donors (Lipinski definition) is 0. The summed E-state index contributed by atoms with van der Waals surface area (Å²) < 4.78 is 1.78. The Morgan fingerprint density at radius 2 is 0.860 bits per heavy atom. The molecule has 0 radical (unpaired) electrons. The van der Waals surface area contributed by atoms with E-state index in [0.717, 1.165) is 9.13 Å². The second-order valence-corrected chi connectivity index (χ2v) is 13.6. The lowest BCUT2D eigenvalue weighted by atomic mass is 9.95. The largest absolute Gasteiger partial charge is 0.289 e. The average molecular weight is 767 g/mol. The van der Waals surface area contributed by atoms with Crippen LogP contribution < -0.4 is 22.2 Å². The number of nitrogens with zero attached hydrogens (tertiary/aromatic N) is 2. The topological polar surface area (TPSA) is 129 Å². The van der Waals surface area contributed by atoms with Gasteiger partial charge < -0.3 is 0 Å². The van der Waals surface area contributed by atoms with Crippen molar-refractivity contribution >= 4 is 62.6 Å². The molecule has 0 unspecified atom stereocenters. The van der Waals surface area contributed by atoms with Gasteiger partial charge in [0, 0.05) is 27.3 Å². The summed E-state index contributed by atoms with van der Waals surface area (Å²) >= 11 is 6.09. The Hall–Kier alpha value is -7.62. The standard InChI is InChI=1S/C47H27ClN2O7/c48-33-19-17-32(18-20-33)43(53)42-40-36(44(54)49(46(40)56)34-21-11-28(12-22-34)15-25-38(51)30-7-3-1-4-8-30)27-37-41(42)47(57)50(45(37)55)35-23-13-29(14-24-35)16-26-39(52)31-9-5-2-6-10-31/h1-27H. The minimum Gasteiger partial charge on any atom is -0.289 e. The smallest absolute Gasteiger partial charge is 0.266 e. The van der Waals surface area contributed by atoms with Gasteiger partial charge in [0.1, 0.15) is 0 Å². The molecular weight excluding hydrogens is 740 g/mol. The fourth-order valence-electron chi connectivity index (χ4n) is 6.77. The number of carbonyl (C=O) groups is 3. The van der Waals surface area contributed by atoms with Crippen LogP contribution in [0.1, 0.15) is 47.8 Å². The molecule has 9 nitrogen and oxygen atoms in total. The van der Waals surface area contributed by atoms with E-state index in [1.165, 1.54) is 66.7 Å². The molecule has 57 heavy (non-hydrogen) atoms. The van der Waals surface area contributed by atoms with E-state index in [4.69, 9.17) is 11.6 Å². The molecule has 6 aromatic carbocycles. The maximum absolute atomic E-state index is 14.3. The molecule has 0 fully saturated rings. The van der Waals surface area contributed by atoms with E-state index in [-0.39, 0.29) is 55.6 Å². The summed E-state index contributed by atoms with van der Waals surface area (Å²) in [7, 11) is 0. The summed E-state index contributed by atoms with van der Waals surface area (Å²) in [5.41, 5.74) is -0.923. The van der Waals surface area contributed by atoms with Gasteiger partial charge in [-0.05, 0) is 77.9 Å². The molecule has 0 saturated carbocycles. The molecule has 8 rings (SSSR count). The summed E-state index contributed by atoms with van der Waals surface area (Å²) in [6.07, 6.45) is 6.05. The molecule has 8 aromatic rings. The highest BCUT2D eigenvalue weighted by Crippen LogP contribution is 2.27. The van der Waals surface area contributed by atoms with E-state index in [0.29, 0.717) is 27.3 Å². The van der Waals surface area contributed by atoms with Gasteiger partial charge in [-0.25, -0.2) is 9.13 Å². The number of halogens is 1. The van der Waals surface area contributed by atoms with Gasteiger partial charge in [-0.3, -0.25) is 33.6 Å². The molecule has 0 aliphatic rings. The Bertz CT molecular complexity index is 2990. The van der Waals surface area contributed by atoms with Crippen molar-refractivity contribution < 1.29 is 14.4 Å². The molecule has 2 aromatic heterocycles. The SMILES string of the molecule is O=C(C=Cc1ccc(-n2c(=O)c3cc4c(=O)n(-c5ccc(C=CC(=O)c6ccccc6)cc5)c(=O)c4c(C(=O)c4ccc(Cl)cc4)c3c2=O)cc1)c1ccccc1. The predicted molar refractivity (Wildman–Crippen MR) is 222 cm³/mol. The normalized spacial score (nSPS) is 11.6. The van der Waals surface area contributed by atoms with Crippen molar-refractivity contribution in [3.8, 4) is 11.4 Å². The van der Waals surface area contributed by atoms with Crippen LogP contribution in [0.2, 0.25) is 5.02 Å². The number of carbonyl (C=O) groups excluding carboxylic acids is 3. The third-order valence-corrected chi connectivity index (χ3v) is 9.89. The maximum atomic E-state index is 14.3. The van der Waals surface area contributed by atoms with Crippen molar-refractivity contribution in [3.63, 3.8) is 0 Å². The Morgan fingerprint density at radius 1 is 0.456 bits per heavy atom. The summed E-state index contributed by atoms with van der Waals surface area (Å²) in [5, 5.41) is -0.680. The van der Waals surface area contributed by atoms with Crippen LogP contribution in [-0.4, -0.2) is 26.5 Å². The first kappa shape index (κ1) is 36.4. The molecule has 2 heterocycles. The fourth-order valence-corrected chi connectivity index (χ4v) is 6.89. The Morgan fingerprint density at radius 3 is 1.26 bits per heavy atom. The number of fused-ring (bicyclic) bond motifs is 2. The number of allylic oxidation sites excluding steroid dienone is 2. The number of ketones is 3. The van der Waals surface area contributed by atoms with Gasteiger partial charge in [-0.15, -0.1) is 0 Å². The van der Waals surface area contributed by atoms with Gasteiger partial charge in [0.25, 0.3) is 22.2 Å². The monoisotopic (exact) mass is 766 g/mol. The van der Waals surface area contributed by atoms with Crippen LogP contribution in [0.15, 0.2) is 171 Å². The van der Waals surface area contributed by atoms with Crippen molar-refractivity contribution in [2.75, 3.05) is 0 Å². The molecule has 0 saturated heterocycles. The number of hydrogen-bond acceptors (Lipinski definition) is 7. The molecule has 0 amide bonds. The third-order valence-electron chi connectivity index (χ3n) is 9.64. The highest BCUT2D eigenvalue weighted by Gasteiger charge is 2.29. The van der Waals surface area contributed by atoms with E-state index in [1.54, 1.807) is 84.9 Å². The zero-order chi connectivity index (χ0) is 39.8. The van der Waals surface area contributed by atoms with Crippen molar-refractivity contribution in [3.05, 3.63) is 231 Å². The second-order valence-electron chi connectivity index (χ2n) is 13.1. The van der Waals surface area contributed by atoms with Gasteiger partial charge in [0.2, 0.25) is 0 Å². The van der Waals surface area contributed by atoms with Crippen LogP contribution in [0.5, 0.6) is 0 Å². The van der Waals surface area contributed by atoms with Crippen LogP contribution in [0.4, 0.5) is 0 Å². The summed E-state index contributed by atoms with van der Waals surface area (Å²) in [4.78, 5) is 96.2. The first-order valence-corrected chi connectivity index (χ1v) is 18.0. The van der Waals surface area contributed by atoms with E-state index in [9.17, 15) is 33.6 Å². The first-order valence-electron chi connectivity index (χ1n) is 17.6. The van der Waals surface area contributed by atoms with Gasteiger partial charge in [0.15, 0.2) is 17.3 Å². The molecule has 0 spiro atoms. The highest BCUT2D eigenvalue weighted by molar-refractivity contribution is 6.31. The second kappa shape index (κ2) is 14.9. The highest BCUT2D eigenvalue weighted by atomic mass is 35.5. The minimum absolute atomic E-state index is 0.0785. The Labute approximate surface area is 328 Å². The van der Waals surface area contributed by atoms with Crippen molar-refractivity contribution in [1.29, 1.82) is 0 Å². The summed E-state index contributed by atoms with van der Waals surface area (Å²) in [6.45, 7) is 0. The Kier molecular flexibility index (Phi) is 9.50. The Balaban J connectivity index is 1.23. The zero-order valence-corrected chi connectivity index (χ0v) is 30.5. The fraction of sp³-hybridized carbons (Fsp3) is 0. The number of aromatic nitrogens is 2. The number of benzene rings is 6. The van der Waals surface area contributed by atoms with Gasteiger partial charge in [-0.1, -0.05) is 109 Å². The molecule has 0 aliphatic heterocycles. The van der Waals surface area contributed by atoms with Gasteiger partial charge in [0.05, 0.1) is 32.9 Å². The zero-order valence-electron chi connectivity index (χ0n) is 29.7. The van der Waals surface area contributed by atoms with Crippen LogP contribution in [0.25, 0.3) is 45.1 Å². The van der Waals surface area contributed by atoms with Crippen molar-refractivity contribution in [2.24, 2.45) is 0 Å². The molecular formula is C47H27ClN2O7. The molecule has 0 aliphatic carbocycles. The molecule has 274 valence electrons. The van der Waals surface area contributed by atoms with E-state index in [1.807, 2.05) is 12.1 Å². The van der Waals surface area contributed by atoms with Gasteiger partial charge in [-0.2, -0.15) is 0 Å². The lowest BCUT2D eigenvalue weighted by molar-refractivity contribution is 0.103. The lowest BCUT2D eigenvalue weighted by Crippen LogP contribution is -2.24. The van der Waals surface area contributed by atoms with E-state index >= 15 is 0 Å². The predicted octanol–water partition coefficient (Wildman–Crippen LogP) is 7.57. The van der Waals surface area contributed by atoms with Crippen molar-refractivity contribution in [2.45, 2.75) is 0 Å². The molecule has 0 bridgehead atoms. The molecule has 10 heteroatoms. The lowest BCUT2D eigenvalue weighted by Gasteiger charge is -2.05. The van der Waals surface area contributed by atoms with Gasteiger partial charge >= 0.3 is 0 Å². The van der Waals surface area contributed by atoms with Crippen LogP contribution in [0.3, 0.4) is 0 Å². The third kappa shape index (κ3) is 6.73. The van der Waals surface area contributed by atoms with E-state index < -0.39 is 28.0 Å². The van der Waals surface area contributed by atoms with Crippen molar-refractivity contribution in [1.82, 2.24) is 9.13 Å². The van der Waals surface area contributed by atoms with Crippen LogP contribution in [0, 0.1) is 0 Å². The molecule has 0 atom stereocenters. The van der Waals surface area contributed by atoms with E-state index in [2.05, 4.69) is 0 Å². The first-order chi connectivity index (χ1) is 27.6. The van der Waals surface area contributed by atoms with Crippen LogP contribution >= 0.6 is 11.6 Å². The average Bonchev–Trinajstić information content (AvgIpc) is 3.65. The quantitative estimate of drug-likeness (QED) is 0.104. The summed E-state index contributed by atoms with van der Waals surface area (Å²) in [6, 6.07) is 37.1. The summed E-state index contributed by atoms with van der Waals surface area (Å²) in [5.74, 6) is -1.15. The number of rotatable bonds is 10.